The maximum atomic E-state index is 7.37. The molecule has 0 bridgehead atoms. The van der Waals surface area contributed by atoms with Crippen LogP contribution in [0.25, 0.3) is 0 Å². The molecule has 0 radical (unpaired) electrons. The highest BCUT2D eigenvalue weighted by Crippen LogP contribution is 2.42. The summed E-state index contributed by atoms with van der Waals surface area (Å²) >= 11 is 2.15. The molecular formula is C43H79IO6Si3. The molecule has 2 rings (SSSR count). The van der Waals surface area contributed by atoms with Crippen LogP contribution in [0.2, 0.25) is 54.4 Å². The fourth-order valence-corrected chi connectivity index (χ4v) is 10.3. The summed E-state index contributed by atoms with van der Waals surface area (Å²) in [6.45, 7) is 38.6. The van der Waals surface area contributed by atoms with E-state index in [4.69, 9.17) is 27.5 Å². The quantitative estimate of drug-likeness (QED) is 0.0783. The highest BCUT2D eigenvalue weighted by Gasteiger charge is 2.44. The molecule has 1 aromatic rings. The standard InChI is InChI=1S/C43H79IO6Si3/c1-33(25-27-44)40(46-32-34-21-23-35(45-11)24-22-34)31-39(50-53(16,17)43(8,9)10)30-38(49-52(14,15)42(5,6)7)29-37-20-18-19-36(48-37)26-28-47-51(12,13)41(2,3)4/h21-24,33,36-40H,18-20,26,28-32H2,1-17H3/t33-,36+,37-,38+,39-,40+/m0/s1. The second-order valence-electron chi connectivity index (χ2n) is 20.1. The Bertz CT molecular complexity index is 1290. The molecule has 306 valence electrons. The van der Waals surface area contributed by atoms with E-state index < -0.39 is 25.0 Å². The molecule has 10 heteroatoms. The molecule has 0 saturated carbocycles. The third-order valence-electron chi connectivity index (χ3n) is 12.7. The van der Waals surface area contributed by atoms with Crippen molar-refractivity contribution in [3.05, 3.63) is 29.8 Å². The molecule has 53 heavy (non-hydrogen) atoms. The van der Waals surface area contributed by atoms with Crippen LogP contribution in [-0.2, 0) is 29.4 Å². The Labute approximate surface area is 343 Å². The average Bonchev–Trinajstić information content (AvgIpc) is 3.01. The van der Waals surface area contributed by atoms with Gasteiger partial charge in [0.25, 0.3) is 0 Å². The molecule has 6 atom stereocenters. The second kappa shape index (κ2) is 20.4. The molecule has 0 aromatic heterocycles. The molecule has 1 aromatic carbocycles. The van der Waals surface area contributed by atoms with Crippen LogP contribution >= 0.6 is 22.6 Å². The van der Waals surface area contributed by atoms with E-state index in [-0.39, 0.29) is 51.6 Å². The summed E-state index contributed by atoms with van der Waals surface area (Å²) in [6.07, 6.45) is 7.03. The lowest BCUT2D eigenvalue weighted by atomic mass is 9.93. The third-order valence-corrected chi connectivity index (χ3v) is 26.6. The minimum absolute atomic E-state index is 0.0195. The maximum Gasteiger partial charge on any atom is 0.192 e. The Hall–Kier alpha value is -0.239. The summed E-state index contributed by atoms with van der Waals surface area (Å²) in [7, 11) is -4.36. The summed E-state index contributed by atoms with van der Waals surface area (Å²) in [6, 6.07) is 8.14. The van der Waals surface area contributed by atoms with Crippen LogP contribution in [0.1, 0.15) is 120 Å². The molecule has 1 aliphatic heterocycles. The first-order chi connectivity index (χ1) is 24.2. The van der Waals surface area contributed by atoms with Gasteiger partial charge in [-0.25, -0.2) is 0 Å². The monoisotopic (exact) mass is 902 g/mol. The van der Waals surface area contributed by atoms with Gasteiger partial charge in [0.05, 0.1) is 32.0 Å². The SMILES string of the molecule is COc1ccc(CO[C@H](C[C@H](C[C@@H](C[C@@H]2CCC[C@H](CCO[Si](C)(C)C(C)(C)C)O2)O[Si](C)(C)C(C)(C)C)O[Si](C)(C)C(C)(C)C)[C@@H](C)C#CI)cc1. The lowest BCUT2D eigenvalue weighted by Crippen LogP contribution is -2.49. The molecule has 0 aliphatic carbocycles. The molecule has 6 nitrogen and oxygen atoms in total. The van der Waals surface area contributed by atoms with Gasteiger partial charge in [-0.05, 0) is 128 Å². The van der Waals surface area contributed by atoms with E-state index in [1.165, 1.54) is 6.42 Å². The fraction of sp³-hybridized carbons (Fsp3) is 0.814. The second-order valence-corrected chi connectivity index (χ2v) is 35.0. The first-order valence-electron chi connectivity index (χ1n) is 20.2. The smallest absolute Gasteiger partial charge is 0.192 e. The van der Waals surface area contributed by atoms with Crippen LogP contribution in [0.5, 0.6) is 5.75 Å². The minimum Gasteiger partial charge on any atom is -0.497 e. The van der Waals surface area contributed by atoms with Gasteiger partial charge in [0, 0.05) is 47.3 Å². The molecule has 0 unspecified atom stereocenters. The van der Waals surface area contributed by atoms with Crippen molar-refractivity contribution in [2.24, 2.45) is 5.92 Å². The Kier molecular flexibility index (Phi) is 18.9. The molecule has 1 saturated heterocycles. The van der Waals surface area contributed by atoms with Gasteiger partial charge < -0.3 is 27.5 Å². The maximum absolute atomic E-state index is 7.37. The van der Waals surface area contributed by atoms with E-state index in [9.17, 15) is 0 Å². The molecule has 1 aliphatic rings. The Morgan fingerprint density at radius 2 is 1.30 bits per heavy atom. The lowest BCUT2D eigenvalue weighted by molar-refractivity contribution is -0.0786. The van der Waals surface area contributed by atoms with Crippen molar-refractivity contribution in [2.45, 2.75) is 206 Å². The number of halogens is 1. The first kappa shape index (κ1) is 48.9. The van der Waals surface area contributed by atoms with Crippen LogP contribution in [0.4, 0.5) is 0 Å². The molecule has 0 spiro atoms. The van der Waals surface area contributed by atoms with Crippen LogP contribution in [0.3, 0.4) is 0 Å². The van der Waals surface area contributed by atoms with Gasteiger partial charge >= 0.3 is 0 Å². The summed E-state index contributed by atoms with van der Waals surface area (Å²) in [5.74, 6) is 4.30. The first-order valence-corrected chi connectivity index (χ1v) is 30.0. The van der Waals surface area contributed by atoms with Gasteiger partial charge in [-0.15, -0.1) is 0 Å². The molecule has 1 fully saturated rings. The van der Waals surface area contributed by atoms with Crippen LogP contribution < -0.4 is 4.74 Å². The third kappa shape index (κ3) is 15.9. The zero-order valence-corrected chi connectivity index (χ0v) is 42.1. The zero-order chi connectivity index (χ0) is 40.5. The van der Waals surface area contributed by atoms with Crippen molar-refractivity contribution >= 4 is 47.5 Å². The van der Waals surface area contributed by atoms with Crippen LogP contribution in [-0.4, -0.2) is 69.2 Å². The lowest BCUT2D eigenvalue weighted by Gasteiger charge is -2.44. The summed E-state index contributed by atoms with van der Waals surface area (Å²) < 4.78 is 43.5. The summed E-state index contributed by atoms with van der Waals surface area (Å²) in [5, 5.41) is 0.368. The van der Waals surface area contributed by atoms with Gasteiger partial charge in [0.1, 0.15) is 5.75 Å². The highest BCUT2D eigenvalue weighted by atomic mass is 127. The predicted octanol–water partition coefficient (Wildman–Crippen LogP) is 12.9. The Morgan fingerprint density at radius 1 is 0.774 bits per heavy atom. The van der Waals surface area contributed by atoms with Gasteiger partial charge in [-0.1, -0.05) is 80.4 Å². The van der Waals surface area contributed by atoms with Crippen LogP contribution in [0.15, 0.2) is 24.3 Å². The minimum atomic E-state index is -2.15. The van der Waals surface area contributed by atoms with E-state index in [1.54, 1.807) is 7.11 Å². The van der Waals surface area contributed by atoms with E-state index in [1.807, 2.05) is 12.1 Å². The van der Waals surface area contributed by atoms with Crippen molar-refractivity contribution in [1.82, 2.24) is 0 Å². The van der Waals surface area contributed by atoms with E-state index >= 15 is 0 Å². The molecule has 0 N–H and O–H groups in total. The predicted molar refractivity (Wildman–Crippen MR) is 241 cm³/mol. The van der Waals surface area contributed by atoms with E-state index in [0.29, 0.717) is 6.61 Å². The number of ether oxygens (including phenoxy) is 3. The highest BCUT2D eigenvalue weighted by molar-refractivity contribution is 14.1. The fourth-order valence-electron chi connectivity index (χ4n) is 5.97. The molecular weight excluding hydrogens is 824 g/mol. The van der Waals surface area contributed by atoms with Crippen molar-refractivity contribution in [3.8, 4) is 15.6 Å². The molecule has 1 heterocycles. The number of methoxy groups -OCH3 is 1. The molecule has 0 amide bonds. The summed E-state index contributed by atoms with van der Waals surface area (Å²) in [5.41, 5.74) is 1.12. The van der Waals surface area contributed by atoms with Crippen LogP contribution in [0, 0.1) is 15.8 Å². The summed E-state index contributed by atoms with van der Waals surface area (Å²) in [4.78, 5) is 0. The van der Waals surface area contributed by atoms with Crippen molar-refractivity contribution in [1.29, 1.82) is 0 Å². The number of hydrogen-bond acceptors (Lipinski definition) is 6. The van der Waals surface area contributed by atoms with Crippen molar-refractivity contribution in [3.63, 3.8) is 0 Å². The van der Waals surface area contributed by atoms with Crippen molar-refractivity contribution in [2.75, 3.05) is 13.7 Å². The van der Waals surface area contributed by atoms with Crippen molar-refractivity contribution < 1.29 is 27.5 Å². The number of benzene rings is 1. The largest absolute Gasteiger partial charge is 0.497 e. The van der Waals surface area contributed by atoms with Gasteiger partial charge in [-0.3, -0.25) is 0 Å². The average molecular weight is 903 g/mol. The zero-order valence-electron chi connectivity index (χ0n) is 37.0. The van der Waals surface area contributed by atoms with Gasteiger partial charge in [0.15, 0.2) is 25.0 Å². The van der Waals surface area contributed by atoms with Gasteiger partial charge in [0.2, 0.25) is 0 Å². The number of hydrogen-bond donors (Lipinski definition) is 0. The topological polar surface area (TPSA) is 55.4 Å². The number of rotatable bonds is 19. The van der Waals surface area contributed by atoms with E-state index in [0.717, 1.165) is 56.4 Å². The van der Waals surface area contributed by atoms with E-state index in [2.05, 4.69) is 153 Å². The Balaban J connectivity index is 2.39. The normalized spacial score (nSPS) is 20.3. The van der Waals surface area contributed by atoms with Gasteiger partial charge in [-0.2, -0.15) is 0 Å². The Morgan fingerprint density at radius 3 is 1.81 bits per heavy atom.